The van der Waals surface area contributed by atoms with Crippen LogP contribution in [0, 0.1) is 14.2 Å². The van der Waals surface area contributed by atoms with Crippen molar-refractivity contribution in [1.29, 1.82) is 0 Å². The van der Waals surface area contributed by atoms with Crippen molar-refractivity contribution in [2.45, 2.75) is 44.0 Å². The zero-order chi connectivity index (χ0) is 22.9. The number of unbranched alkanes of at least 4 members (excludes halogenated alkanes) is 1. The Labute approximate surface area is 181 Å². The van der Waals surface area contributed by atoms with Crippen molar-refractivity contribution >= 4 is 0 Å². The largest absolute Gasteiger partial charge is 0.553 e. The van der Waals surface area contributed by atoms with Crippen LogP contribution in [0.3, 0.4) is 0 Å². The molecule has 0 saturated carbocycles. The molecule has 0 spiro atoms. The van der Waals surface area contributed by atoms with E-state index in [1.165, 1.54) is 0 Å². The van der Waals surface area contributed by atoms with Gasteiger partial charge in [0.25, 0.3) is 0 Å². The van der Waals surface area contributed by atoms with Crippen LogP contribution in [0.1, 0.15) is 25.7 Å². The summed E-state index contributed by atoms with van der Waals surface area (Å²) in [4.78, 5) is 0. The normalized spacial score (nSPS) is 13.6. The number of rotatable bonds is 21. The van der Waals surface area contributed by atoms with Crippen LogP contribution >= 0.6 is 0 Å². The smallest absolute Gasteiger partial charge is 0.0976 e. The number of hydrogen-bond donors (Lipinski definition) is 4. The standard InChI is InChI=1S/C14H29O6.C6H13O4.Rf/c1-17-11-13(15)5-9-19-7-3-4-8-20-10-6-14(16)12-18-2;1-9-4-6(8)5-10-3-2-7;/h13-16H,1,3-12H2,2H3;6-8H,1-5H2;/q2*-1;. The summed E-state index contributed by atoms with van der Waals surface area (Å²) in [7, 11) is 7.86. The molecule has 3 atom stereocenters. The summed E-state index contributed by atoms with van der Waals surface area (Å²) in [5, 5.41) is 35.9. The zero-order valence-electron chi connectivity index (χ0n) is 19.0. The van der Waals surface area contributed by atoms with E-state index in [-0.39, 0.29) is 33.0 Å². The maximum absolute atomic E-state index is 9.37. The Morgan fingerprint density at radius 1 is 0.645 bits per heavy atom. The molecule has 0 aliphatic rings. The van der Waals surface area contributed by atoms with Crippen molar-refractivity contribution in [1.82, 2.24) is 0 Å². The maximum atomic E-state index is 9.37. The molecule has 0 aromatic heterocycles. The van der Waals surface area contributed by atoms with Crippen molar-refractivity contribution in [3.63, 3.8) is 0 Å². The van der Waals surface area contributed by atoms with Crippen LogP contribution in [0.4, 0.5) is 0 Å². The molecule has 0 aliphatic heterocycles. The van der Waals surface area contributed by atoms with Gasteiger partial charge in [-0.1, -0.05) is 0 Å². The van der Waals surface area contributed by atoms with Crippen LogP contribution in [0.2, 0.25) is 0 Å². The van der Waals surface area contributed by atoms with E-state index in [9.17, 15) is 10.2 Å². The number of hydrogen-bond acceptors (Lipinski definition) is 10. The SMILES string of the molecule is [CH2-]OCC(O)CCOCCCCOCCC(O)COC.[CH2-]OCC(O)COCCO.[Rf]. The average Bonchev–Trinajstić information content (AvgIpc) is 2.71. The second kappa shape index (κ2) is 28.6. The first kappa shape index (κ1) is 34.2. The van der Waals surface area contributed by atoms with E-state index in [0.29, 0.717) is 45.9 Å². The molecule has 4 N–H and O–H groups in total. The average molecular weight is 710 g/mol. The predicted octanol–water partition coefficient (Wildman–Crippen LogP) is -0.0792. The van der Waals surface area contributed by atoms with Crippen molar-refractivity contribution in [2.75, 3.05) is 73.2 Å². The van der Waals surface area contributed by atoms with Crippen LogP contribution in [0.15, 0.2) is 0 Å². The Bertz CT molecular complexity index is 296. The Hall–Kier alpha value is -1.40. The topological polar surface area (TPSA) is 136 Å². The van der Waals surface area contributed by atoms with Gasteiger partial charge in [0.15, 0.2) is 0 Å². The van der Waals surface area contributed by atoms with E-state index in [4.69, 9.17) is 29.2 Å². The van der Waals surface area contributed by atoms with Crippen LogP contribution in [-0.2, 0) is 28.4 Å². The third kappa shape index (κ3) is 30.9. The summed E-state index contributed by atoms with van der Waals surface area (Å²) in [6.07, 6.45) is 1.39. The van der Waals surface area contributed by atoms with Gasteiger partial charge >= 0.3 is 0 Å². The summed E-state index contributed by atoms with van der Waals surface area (Å²) in [5.74, 6) is 0. The summed E-state index contributed by atoms with van der Waals surface area (Å²) < 4.78 is 29.3. The first-order valence-corrected chi connectivity index (χ1v) is 10.1. The molecule has 11 heteroatoms. The molecule has 0 aromatic rings. The zero-order valence-corrected chi connectivity index (χ0v) is 25.4. The van der Waals surface area contributed by atoms with Crippen molar-refractivity contribution in [3.05, 3.63) is 14.2 Å². The van der Waals surface area contributed by atoms with Gasteiger partial charge in [-0.2, -0.15) is 0 Å². The molecule has 31 heavy (non-hydrogen) atoms. The summed E-state index contributed by atoms with van der Waals surface area (Å²) in [5.41, 5.74) is 0. The molecule has 10 nitrogen and oxygen atoms in total. The van der Waals surface area contributed by atoms with E-state index in [0.717, 1.165) is 12.8 Å². The van der Waals surface area contributed by atoms with Crippen LogP contribution in [0.25, 0.3) is 0 Å². The summed E-state index contributed by atoms with van der Waals surface area (Å²) >= 11 is 0. The Kier molecular flexibility index (Phi) is 31.6. The molecule has 0 aromatic carbocycles. The van der Waals surface area contributed by atoms with Crippen LogP contribution < -0.4 is 0 Å². The molecule has 3 unspecified atom stereocenters. The third-order valence-electron chi connectivity index (χ3n) is 3.54. The molecule has 0 heterocycles. The molecule has 186 valence electrons. The fourth-order valence-electron chi connectivity index (χ4n) is 2.01. The number of ether oxygens (including phenoxy) is 6. The van der Waals surface area contributed by atoms with Crippen LogP contribution in [0.5, 0.6) is 0 Å². The van der Waals surface area contributed by atoms with Crippen molar-refractivity contribution < 1.29 is 48.8 Å². The minimum atomic E-state index is -0.649. The van der Waals surface area contributed by atoms with Gasteiger partial charge < -0.3 is 48.8 Å². The number of aliphatic hydroxyl groups is 4. The van der Waals surface area contributed by atoms with Gasteiger partial charge in [-0.05, 0) is 25.7 Å². The van der Waals surface area contributed by atoms with Crippen LogP contribution in [-0.4, -0.2) is 112 Å². The molecule has 0 fully saturated rings. The summed E-state index contributed by atoms with van der Waals surface area (Å²) in [6, 6.07) is 0. The Balaban J connectivity index is -0.000000604. The van der Waals surface area contributed by atoms with Gasteiger partial charge in [-0.3, -0.25) is 0 Å². The third-order valence-corrected chi connectivity index (χ3v) is 3.54. The van der Waals surface area contributed by atoms with E-state index in [1.54, 1.807) is 7.11 Å². The number of methoxy groups -OCH3 is 1. The van der Waals surface area contributed by atoms with E-state index in [2.05, 4.69) is 23.7 Å². The van der Waals surface area contributed by atoms with E-state index >= 15 is 0 Å². The molecule has 0 aliphatic carbocycles. The minimum Gasteiger partial charge on any atom is -0.553 e. The van der Waals surface area contributed by atoms with Gasteiger partial charge in [0.1, 0.15) is 0 Å². The van der Waals surface area contributed by atoms with Gasteiger partial charge in [0.2, 0.25) is 0 Å². The fraction of sp³-hybridized carbons (Fsp3) is 0.900. The Morgan fingerprint density at radius 3 is 1.58 bits per heavy atom. The second-order valence-corrected chi connectivity index (χ2v) is 6.47. The second-order valence-electron chi connectivity index (χ2n) is 6.47. The van der Waals surface area contributed by atoms with Gasteiger partial charge in [0.05, 0.1) is 44.7 Å². The first-order chi connectivity index (χ1) is 14.5. The van der Waals surface area contributed by atoms with E-state index < -0.39 is 18.3 Å². The number of aliphatic hydroxyl groups excluding tert-OH is 4. The predicted molar refractivity (Wildman–Crippen MR) is 111 cm³/mol. The monoisotopic (exact) mass is 709 g/mol. The molecule has 0 rings (SSSR count). The molecule has 0 bridgehead atoms. The maximum Gasteiger partial charge on any atom is 0.0976 e. The molecule has 0 radical (unpaired) electrons. The minimum absolute atomic E-state index is 0. The van der Waals surface area contributed by atoms with Crippen molar-refractivity contribution in [2.24, 2.45) is 0 Å². The van der Waals surface area contributed by atoms with Gasteiger partial charge in [-0.25, -0.2) is 14.2 Å². The van der Waals surface area contributed by atoms with E-state index in [1.807, 2.05) is 0 Å². The molecule has 0 saturated heterocycles. The van der Waals surface area contributed by atoms with Gasteiger partial charge in [-0.15, -0.1) is 0 Å². The quantitative estimate of drug-likeness (QED) is 0.0948. The molecule has 0 amide bonds. The van der Waals surface area contributed by atoms with Crippen molar-refractivity contribution in [3.8, 4) is 0 Å². The summed E-state index contributed by atoms with van der Waals surface area (Å²) in [6.45, 7) is 3.54. The fourth-order valence-corrected chi connectivity index (χ4v) is 2.01. The Morgan fingerprint density at radius 2 is 1.13 bits per heavy atom. The first-order valence-electron chi connectivity index (χ1n) is 10.1. The van der Waals surface area contributed by atoms with Gasteiger partial charge in [0, 0.05) is 46.8 Å². The molecular formula is C20H42O10Rf-2. The molecular weight excluding hydrogens is 667 g/mol.